The number of allylic oxidation sites excluding steroid dienone is 6. The Balaban J connectivity index is 1.92. The molecule has 3 rings (SSSR count). The van der Waals surface area contributed by atoms with Crippen LogP contribution >= 0.6 is 0 Å². The standard InChI is InChI=1S/C41H68O7Si2/c1-30-20-16-14-17-22-33-28-37(41(9,36(46-33)24-25-42)29-44-49(10,11)39(3,4)5)47-38(43)23-19-15-18-21-32-27-35(31(2)34(26-30)45-32)48-50(12,13)40(6,7)8/h15-20,22-23,25-26,31-37H,14,21,24,27-29H2,1-13H3/b18-15+,20-16+,22-17+,23-19+,30-26-/t31-,32-,33-,34+,35-,36+,37-,41+/m1/s1. The summed E-state index contributed by atoms with van der Waals surface area (Å²) in [7, 11) is -4.12. The lowest BCUT2D eigenvalue weighted by Crippen LogP contribution is -2.57. The molecule has 0 radical (unpaired) electrons. The number of esters is 1. The highest BCUT2D eigenvalue weighted by Gasteiger charge is 2.51. The fourth-order valence-electron chi connectivity index (χ4n) is 6.21. The smallest absolute Gasteiger partial charge is 0.331 e. The van der Waals surface area contributed by atoms with E-state index in [2.05, 4.69) is 112 Å². The van der Waals surface area contributed by atoms with Gasteiger partial charge in [-0.05, 0) is 62.5 Å². The van der Waals surface area contributed by atoms with E-state index in [4.69, 9.17) is 23.1 Å². The van der Waals surface area contributed by atoms with Gasteiger partial charge in [0, 0.05) is 31.4 Å². The minimum atomic E-state index is -2.13. The Bertz CT molecular complexity index is 1300. The summed E-state index contributed by atoms with van der Waals surface area (Å²) in [5.41, 5.74) is 0.452. The SMILES string of the molecule is CC1=C/[C@@H]2O[C@H](C/C=C/C=C/C(=O)O[C@@H]3C[C@@H](/C=C/C\C=C\1)O[C@@H](CC=O)[C@]3(C)CO[Si](C)(C)C(C)(C)C)C[C@@H](O[Si](C)(C)C(C)(C)C)[C@@H]2C. The van der Waals surface area contributed by atoms with Gasteiger partial charge in [-0.2, -0.15) is 0 Å². The molecule has 4 bridgehead atoms. The molecule has 0 amide bonds. The number of hydrogen-bond donors (Lipinski definition) is 0. The third-order valence-corrected chi connectivity index (χ3v) is 20.9. The molecular formula is C41H68O7Si2. The van der Waals surface area contributed by atoms with Crippen molar-refractivity contribution in [3.05, 3.63) is 60.3 Å². The van der Waals surface area contributed by atoms with Crippen molar-refractivity contribution in [2.75, 3.05) is 6.61 Å². The molecule has 2 saturated heterocycles. The van der Waals surface area contributed by atoms with Crippen molar-refractivity contribution in [1.29, 1.82) is 0 Å². The topological polar surface area (TPSA) is 80.3 Å². The molecule has 7 nitrogen and oxygen atoms in total. The second-order valence-corrected chi connectivity index (χ2v) is 27.6. The first-order valence-electron chi connectivity index (χ1n) is 18.7. The Morgan fingerprint density at radius 3 is 2.26 bits per heavy atom. The van der Waals surface area contributed by atoms with Gasteiger partial charge in [-0.15, -0.1) is 0 Å². The number of hydrogen-bond acceptors (Lipinski definition) is 7. The summed E-state index contributed by atoms with van der Waals surface area (Å²) < 4.78 is 33.1. The zero-order valence-corrected chi connectivity index (χ0v) is 35.4. The molecule has 0 aromatic carbocycles. The molecule has 0 aromatic heterocycles. The fourth-order valence-corrected chi connectivity index (χ4v) is 8.73. The predicted molar refractivity (Wildman–Crippen MR) is 209 cm³/mol. The molecule has 3 aliphatic heterocycles. The maximum atomic E-state index is 13.3. The molecule has 50 heavy (non-hydrogen) atoms. The zero-order chi connectivity index (χ0) is 37.5. The van der Waals surface area contributed by atoms with E-state index in [1.807, 2.05) is 19.1 Å². The third-order valence-electron chi connectivity index (χ3n) is 11.9. The van der Waals surface area contributed by atoms with Gasteiger partial charge in [0.25, 0.3) is 0 Å². The molecule has 3 aliphatic rings. The van der Waals surface area contributed by atoms with Crippen LogP contribution in [0.15, 0.2) is 60.3 Å². The third kappa shape index (κ3) is 11.3. The van der Waals surface area contributed by atoms with Gasteiger partial charge in [0.2, 0.25) is 0 Å². The van der Waals surface area contributed by atoms with Crippen molar-refractivity contribution in [1.82, 2.24) is 0 Å². The van der Waals surface area contributed by atoms with Crippen LogP contribution in [0, 0.1) is 11.3 Å². The summed E-state index contributed by atoms with van der Waals surface area (Å²) in [4.78, 5) is 25.2. The van der Waals surface area contributed by atoms with E-state index in [0.29, 0.717) is 25.9 Å². The van der Waals surface area contributed by atoms with Crippen LogP contribution in [0.1, 0.15) is 94.4 Å². The minimum Gasteiger partial charge on any atom is -0.458 e. The first-order valence-corrected chi connectivity index (χ1v) is 24.5. The van der Waals surface area contributed by atoms with E-state index in [0.717, 1.165) is 18.3 Å². The van der Waals surface area contributed by atoms with E-state index in [1.54, 1.807) is 6.08 Å². The van der Waals surface area contributed by atoms with E-state index in [-0.39, 0.29) is 46.8 Å². The normalized spacial score (nSPS) is 35.9. The number of carbonyl (C=O) groups is 2. The van der Waals surface area contributed by atoms with Gasteiger partial charge in [0.05, 0.1) is 35.9 Å². The maximum absolute atomic E-state index is 13.3. The minimum absolute atomic E-state index is 0.000314. The highest BCUT2D eigenvalue weighted by atomic mass is 28.4. The molecule has 0 aliphatic carbocycles. The molecule has 0 unspecified atom stereocenters. The first-order chi connectivity index (χ1) is 23.1. The molecule has 282 valence electrons. The Morgan fingerprint density at radius 2 is 1.62 bits per heavy atom. The Labute approximate surface area is 306 Å². The molecule has 2 fully saturated rings. The molecule has 3 heterocycles. The van der Waals surface area contributed by atoms with Crippen molar-refractivity contribution in [3.63, 3.8) is 0 Å². The Hall–Kier alpha value is -1.89. The molecular weight excluding hydrogens is 661 g/mol. The number of fused-ring (bicyclic) bond motifs is 4. The first kappa shape index (κ1) is 42.5. The van der Waals surface area contributed by atoms with Crippen molar-refractivity contribution in [3.8, 4) is 0 Å². The van der Waals surface area contributed by atoms with Gasteiger partial charge >= 0.3 is 5.97 Å². The summed E-state index contributed by atoms with van der Waals surface area (Å²) in [5.74, 6) is -0.204. The summed E-state index contributed by atoms with van der Waals surface area (Å²) >= 11 is 0. The van der Waals surface area contributed by atoms with Crippen LogP contribution in [0.4, 0.5) is 0 Å². The molecule has 0 aromatic rings. The van der Waals surface area contributed by atoms with Crippen LogP contribution in [-0.2, 0) is 32.7 Å². The van der Waals surface area contributed by atoms with Gasteiger partial charge in [0.15, 0.2) is 16.6 Å². The van der Waals surface area contributed by atoms with Gasteiger partial charge in [-0.3, -0.25) is 0 Å². The Morgan fingerprint density at radius 1 is 0.940 bits per heavy atom. The quantitative estimate of drug-likeness (QED) is 0.112. The molecule has 0 spiro atoms. The molecule has 0 N–H and O–H groups in total. The van der Waals surface area contributed by atoms with Crippen molar-refractivity contribution >= 4 is 28.9 Å². The van der Waals surface area contributed by atoms with E-state index in [1.165, 1.54) is 6.08 Å². The van der Waals surface area contributed by atoms with Gasteiger partial charge in [-0.1, -0.05) is 110 Å². The number of ether oxygens (including phenoxy) is 3. The van der Waals surface area contributed by atoms with Crippen molar-refractivity contribution in [2.45, 2.75) is 167 Å². The predicted octanol–water partition coefficient (Wildman–Crippen LogP) is 9.82. The average molecular weight is 729 g/mol. The molecule has 0 saturated carbocycles. The maximum Gasteiger partial charge on any atom is 0.331 e. The fraction of sp³-hybridized carbons (Fsp3) is 0.707. The lowest BCUT2D eigenvalue weighted by atomic mass is 9.73. The van der Waals surface area contributed by atoms with Gasteiger partial charge in [-0.25, -0.2) is 4.79 Å². The van der Waals surface area contributed by atoms with Crippen LogP contribution in [0.2, 0.25) is 36.3 Å². The summed E-state index contributed by atoms with van der Waals surface area (Å²) in [6.45, 7) is 29.3. The highest BCUT2D eigenvalue weighted by molar-refractivity contribution is 6.74. The highest BCUT2D eigenvalue weighted by Crippen LogP contribution is 2.44. The lowest BCUT2D eigenvalue weighted by molar-refractivity contribution is -0.198. The largest absolute Gasteiger partial charge is 0.458 e. The van der Waals surface area contributed by atoms with Crippen LogP contribution in [0.25, 0.3) is 0 Å². The van der Waals surface area contributed by atoms with Crippen molar-refractivity contribution < 1.29 is 32.7 Å². The second kappa shape index (κ2) is 17.3. The summed E-state index contributed by atoms with van der Waals surface area (Å²) in [6, 6.07) is 0. The lowest BCUT2D eigenvalue weighted by Gasteiger charge is -2.49. The van der Waals surface area contributed by atoms with Crippen LogP contribution in [-0.4, -0.2) is 72.1 Å². The number of carbonyl (C=O) groups excluding carboxylic acids is 2. The molecule has 8 atom stereocenters. The van der Waals surface area contributed by atoms with Crippen LogP contribution < -0.4 is 0 Å². The van der Waals surface area contributed by atoms with Crippen LogP contribution in [0.5, 0.6) is 0 Å². The van der Waals surface area contributed by atoms with Crippen molar-refractivity contribution in [2.24, 2.45) is 11.3 Å². The van der Waals surface area contributed by atoms with E-state index >= 15 is 0 Å². The van der Waals surface area contributed by atoms with E-state index < -0.39 is 40.2 Å². The molecule has 9 heteroatoms. The van der Waals surface area contributed by atoms with E-state index in [9.17, 15) is 9.59 Å². The Kier molecular flexibility index (Phi) is 14.7. The monoisotopic (exact) mass is 728 g/mol. The second-order valence-electron chi connectivity index (χ2n) is 18.0. The van der Waals surface area contributed by atoms with Gasteiger partial charge in [0.1, 0.15) is 12.4 Å². The number of aldehydes is 1. The summed E-state index contributed by atoms with van der Waals surface area (Å²) in [5, 5.41) is 0.127. The zero-order valence-electron chi connectivity index (χ0n) is 33.4. The summed E-state index contributed by atoms with van der Waals surface area (Å²) in [6.07, 6.45) is 20.4. The average Bonchev–Trinajstić information content (AvgIpc) is 2.98. The van der Waals surface area contributed by atoms with Gasteiger partial charge < -0.3 is 27.9 Å². The number of rotatable bonds is 7. The van der Waals surface area contributed by atoms with Crippen LogP contribution in [0.3, 0.4) is 0 Å².